The van der Waals surface area contributed by atoms with Gasteiger partial charge in [-0.15, -0.1) is 0 Å². The molecule has 0 fully saturated rings. The van der Waals surface area contributed by atoms with E-state index in [1.165, 1.54) is 18.2 Å². The highest BCUT2D eigenvalue weighted by Crippen LogP contribution is 2.15. The van der Waals surface area contributed by atoms with Crippen LogP contribution in [0.3, 0.4) is 0 Å². The molecule has 6 heteroatoms. The fourth-order valence-electron chi connectivity index (χ4n) is 1.48. The maximum Gasteiger partial charge on any atom is 0.243 e. The Morgan fingerprint density at radius 3 is 2.33 bits per heavy atom. The van der Waals surface area contributed by atoms with Crippen LogP contribution in [-0.4, -0.2) is 20.5 Å². The number of hydrogen-bond acceptors (Lipinski definition) is 3. The first-order valence-electron chi connectivity index (χ1n) is 5.88. The number of hydrogen-bond donors (Lipinski definition) is 2. The van der Waals surface area contributed by atoms with Crippen LogP contribution in [-0.2, 0) is 10.0 Å². The number of benzene rings is 1. The van der Waals surface area contributed by atoms with Crippen molar-refractivity contribution in [2.24, 2.45) is 5.73 Å². The molecule has 0 aliphatic carbocycles. The van der Waals surface area contributed by atoms with Gasteiger partial charge in [0.1, 0.15) is 10.7 Å². The first-order valence-corrected chi connectivity index (χ1v) is 7.36. The smallest absolute Gasteiger partial charge is 0.243 e. The van der Waals surface area contributed by atoms with Crippen LogP contribution in [0.2, 0.25) is 0 Å². The minimum absolute atomic E-state index is 0.0939. The molecule has 0 unspecified atom stereocenters. The number of rotatable bonds is 6. The molecule has 18 heavy (non-hydrogen) atoms. The van der Waals surface area contributed by atoms with Crippen molar-refractivity contribution in [3.63, 3.8) is 0 Å². The average Bonchev–Trinajstić information content (AvgIpc) is 2.36. The van der Waals surface area contributed by atoms with Crippen LogP contribution in [0.1, 0.15) is 26.7 Å². The van der Waals surface area contributed by atoms with Crippen molar-refractivity contribution in [3.8, 4) is 0 Å². The van der Waals surface area contributed by atoms with Gasteiger partial charge in [-0.2, -0.15) is 0 Å². The Balaban J connectivity index is 2.88. The molecule has 4 nitrogen and oxygen atoms in total. The maximum absolute atomic E-state index is 13.4. The third-order valence-electron chi connectivity index (χ3n) is 3.15. The fraction of sp³-hybridized carbons (Fsp3) is 0.500. The first kappa shape index (κ1) is 15.1. The van der Waals surface area contributed by atoms with Gasteiger partial charge in [0.2, 0.25) is 10.0 Å². The van der Waals surface area contributed by atoms with E-state index < -0.39 is 21.4 Å². The first-order chi connectivity index (χ1) is 8.34. The van der Waals surface area contributed by atoms with Gasteiger partial charge in [-0.1, -0.05) is 26.0 Å². The molecule has 1 aromatic carbocycles. The summed E-state index contributed by atoms with van der Waals surface area (Å²) in [6.07, 6.45) is 1.28. The van der Waals surface area contributed by atoms with E-state index in [1.807, 2.05) is 13.8 Å². The summed E-state index contributed by atoms with van der Waals surface area (Å²) in [6.45, 7) is 3.87. The summed E-state index contributed by atoms with van der Waals surface area (Å²) in [5.41, 5.74) is 5.40. The molecule has 0 saturated carbocycles. The monoisotopic (exact) mass is 274 g/mol. The van der Waals surface area contributed by atoms with Crippen LogP contribution in [0.4, 0.5) is 4.39 Å². The van der Waals surface area contributed by atoms with E-state index in [4.69, 9.17) is 5.73 Å². The standard InChI is InChI=1S/C12H19FN2O2S/c1-3-12(14,4-2)9-15-18(16,17)11-8-6-5-7-10(11)13/h5-8,15H,3-4,9,14H2,1-2H3. The van der Waals surface area contributed by atoms with Gasteiger partial charge < -0.3 is 5.73 Å². The number of sulfonamides is 1. The van der Waals surface area contributed by atoms with Crippen molar-refractivity contribution < 1.29 is 12.8 Å². The van der Waals surface area contributed by atoms with E-state index in [2.05, 4.69) is 4.72 Å². The van der Waals surface area contributed by atoms with Crippen LogP contribution in [0.15, 0.2) is 29.2 Å². The molecule has 0 aliphatic rings. The zero-order chi connectivity index (χ0) is 13.8. The summed E-state index contributed by atoms with van der Waals surface area (Å²) in [5.74, 6) is -0.763. The van der Waals surface area contributed by atoms with Gasteiger partial charge in [0.05, 0.1) is 0 Å². The Bertz CT molecular complexity index is 499. The molecule has 3 N–H and O–H groups in total. The molecule has 1 aromatic rings. The maximum atomic E-state index is 13.4. The van der Waals surface area contributed by atoms with Gasteiger partial charge >= 0.3 is 0 Å². The predicted octanol–water partition coefficient (Wildman–Crippen LogP) is 1.62. The Morgan fingerprint density at radius 2 is 1.83 bits per heavy atom. The largest absolute Gasteiger partial charge is 0.324 e. The summed E-state index contributed by atoms with van der Waals surface area (Å²) >= 11 is 0. The molecular weight excluding hydrogens is 255 g/mol. The fourth-order valence-corrected chi connectivity index (χ4v) is 2.69. The summed E-state index contributed by atoms with van der Waals surface area (Å²) in [6, 6.07) is 5.27. The minimum Gasteiger partial charge on any atom is -0.324 e. The Kier molecular flexibility index (Phi) is 4.84. The second-order valence-electron chi connectivity index (χ2n) is 4.32. The lowest BCUT2D eigenvalue weighted by Gasteiger charge is -2.26. The minimum atomic E-state index is -3.85. The zero-order valence-corrected chi connectivity index (χ0v) is 11.4. The lowest BCUT2D eigenvalue weighted by Crippen LogP contribution is -2.49. The predicted molar refractivity (Wildman–Crippen MR) is 69.1 cm³/mol. The number of nitrogens with two attached hydrogens (primary N) is 1. The van der Waals surface area contributed by atoms with E-state index in [-0.39, 0.29) is 11.4 Å². The van der Waals surface area contributed by atoms with Crippen molar-refractivity contribution in [1.29, 1.82) is 0 Å². The molecule has 1 rings (SSSR count). The van der Waals surface area contributed by atoms with Gasteiger partial charge in [0.25, 0.3) is 0 Å². The summed E-state index contributed by atoms with van der Waals surface area (Å²) in [5, 5.41) is 0. The van der Waals surface area contributed by atoms with Crippen LogP contribution in [0, 0.1) is 5.82 Å². The van der Waals surface area contributed by atoms with Crippen molar-refractivity contribution in [1.82, 2.24) is 4.72 Å². The summed E-state index contributed by atoms with van der Waals surface area (Å²) < 4.78 is 39.6. The van der Waals surface area contributed by atoms with E-state index in [0.717, 1.165) is 6.07 Å². The van der Waals surface area contributed by atoms with Crippen molar-refractivity contribution >= 4 is 10.0 Å². The average molecular weight is 274 g/mol. The molecule has 0 aromatic heterocycles. The summed E-state index contributed by atoms with van der Waals surface area (Å²) in [7, 11) is -3.85. The Labute approximate surface area is 107 Å². The second kappa shape index (κ2) is 5.77. The second-order valence-corrected chi connectivity index (χ2v) is 6.06. The Morgan fingerprint density at radius 1 is 1.28 bits per heavy atom. The van der Waals surface area contributed by atoms with Gasteiger partial charge in [0.15, 0.2) is 0 Å². The highest BCUT2D eigenvalue weighted by Gasteiger charge is 2.25. The molecule has 0 atom stereocenters. The van der Waals surface area contributed by atoms with Crippen molar-refractivity contribution in [2.45, 2.75) is 37.1 Å². The van der Waals surface area contributed by atoms with E-state index in [0.29, 0.717) is 12.8 Å². The zero-order valence-electron chi connectivity index (χ0n) is 10.6. The number of halogens is 1. The molecular formula is C12H19FN2O2S. The molecule has 102 valence electrons. The molecule has 0 heterocycles. The van der Waals surface area contributed by atoms with Crippen molar-refractivity contribution in [3.05, 3.63) is 30.1 Å². The normalized spacial score (nSPS) is 12.7. The topological polar surface area (TPSA) is 72.2 Å². The number of nitrogens with one attached hydrogen (secondary N) is 1. The molecule has 0 aliphatic heterocycles. The molecule has 0 radical (unpaired) electrons. The van der Waals surface area contributed by atoms with Crippen LogP contribution in [0.25, 0.3) is 0 Å². The Hall–Kier alpha value is -0.980. The van der Waals surface area contributed by atoms with Crippen LogP contribution < -0.4 is 10.5 Å². The van der Waals surface area contributed by atoms with Gasteiger partial charge in [-0.25, -0.2) is 17.5 Å². The lowest BCUT2D eigenvalue weighted by molar-refractivity contribution is 0.391. The van der Waals surface area contributed by atoms with Crippen LogP contribution in [0.5, 0.6) is 0 Å². The van der Waals surface area contributed by atoms with Crippen LogP contribution >= 0.6 is 0 Å². The molecule has 0 spiro atoms. The third kappa shape index (κ3) is 3.51. The van der Waals surface area contributed by atoms with Crippen molar-refractivity contribution in [2.75, 3.05) is 6.54 Å². The highest BCUT2D eigenvalue weighted by molar-refractivity contribution is 7.89. The molecule has 0 bridgehead atoms. The van der Waals surface area contributed by atoms with E-state index >= 15 is 0 Å². The summed E-state index contributed by atoms with van der Waals surface area (Å²) in [4.78, 5) is -0.348. The SMILES string of the molecule is CCC(N)(CC)CNS(=O)(=O)c1ccccc1F. The quantitative estimate of drug-likeness (QED) is 0.828. The third-order valence-corrected chi connectivity index (χ3v) is 4.58. The molecule has 0 amide bonds. The van der Waals surface area contributed by atoms with E-state index in [1.54, 1.807) is 0 Å². The van der Waals surface area contributed by atoms with Gasteiger partial charge in [-0.05, 0) is 25.0 Å². The highest BCUT2D eigenvalue weighted by atomic mass is 32.2. The van der Waals surface area contributed by atoms with E-state index in [9.17, 15) is 12.8 Å². The molecule has 0 saturated heterocycles. The lowest BCUT2D eigenvalue weighted by atomic mass is 9.95. The van der Waals surface area contributed by atoms with Gasteiger partial charge in [0, 0.05) is 12.1 Å². The van der Waals surface area contributed by atoms with Gasteiger partial charge in [-0.3, -0.25) is 0 Å².